The summed E-state index contributed by atoms with van der Waals surface area (Å²) in [6.45, 7) is -3.04. The van der Waals surface area contributed by atoms with E-state index >= 15 is 0 Å². The van der Waals surface area contributed by atoms with Gasteiger partial charge in [0.05, 0.1) is 21.7 Å². The summed E-state index contributed by atoms with van der Waals surface area (Å²) >= 11 is 0. The lowest BCUT2D eigenvalue weighted by Gasteiger charge is -2.08. The highest BCUT2D eigenvalue weighted by Crippen LogP contribution is 2.20. The average Bonchev–Trinajstić information content (AvgIpc) is 2.48. The zero-order valence-corrected chi connectivity index (χ0v) is 12.0. The van der Waals surface area contributed by atoms with Gasteiger partial charge < -0.3 is 4.74 Å². The van der Waals surface area contributed by atoms with Crippen LogP contribution in [0.3, 0.4) is 0 Å². The molecule has 0 fully saturated rings. The number of benzene rings is 1. The van der Waals surface area contributed by atoms with Crippen LogP contribution in [-0.4, -0.2) is 24.9 Å². The molecule has 0 bridgehead atoms. The summed E-state index contributed by atoms with van der Waals surface area (Å²) in [6, 6.07) is 6.50. The third kappa shape index (κ3) is 4.32. The smallest absolute Gasteiger partial charge is 0.388 e. The highest BCUT2D eigenvalue weighted by Gasteiger charge is 2.16. The normalized spacial score (nSPS) is 11.3. The molecule has 1 aromatic carbocycles. The number of hydrogen-bond donors (Lipinski definition) is 1. The van der Waals surface area contributed by atoms with Gasteiger partial charge in [-0.3, -0.25) is 14.8 Å². The van der Waals surface area contributed by atoms with Crippen LogP contribution in [0.4, 0.5) is 20.2 Å². The second-order valence-corrected chi connectivity index (χ2v) is 5.80. The van der Waals surface area contributed by atoms with Crippen LogP contribution in [-0.2, 0) is 10.0 Å². The Morgan fingerprint density at radius 1 is 1.17 bits per heavy atom. The SMILES string of the molecule is O=[N+]([O-])c1ccc(S(=O)(=O)Nc2ccc(OC(F)F)nc2)cc1. The molecule has 1 aromatic heterocycles. The molecule has 11 heteroatoms. The van der Waals surface area contributed by atoms with Crippen LogP contribution in [0, 0.1) is 10.1 Å². The molecule has 0 unspecified atom stereocenters. The van der Waals surface area contributed by atoms with E-state index < -0.39 is 21.6 Å². The second-order valence-electron chi connectivity index (χ2n) is 4.12. The summed E-state index contributed by atoms with van der Waals surface area (Å²) in [4.78, 5) is 13.2. The number of alkyl halides is 2. The second kappa shape index (κ2) is 6.52. The number of nitrogens with zero attached hydrogens (tertiary/aromatic N) is 2. The molecule has 0 aliphatic heterocycles. The van der Waals surface area contributed by atoms with Crippen LogP contribution in [0.15, 0.2) is 47.5 Å². The van der Waals surface area contributed by atoms with Crippen LogP contribution in [0.5, 0.6) is 5.88 Å². The number of nitrogens with one attached hydrogen (secondary N) is 1. The minimum Gasteiger partial charge on any atom is -0.417 e. The number of hydrogen-bond acceptors (Lipinski definition) is 6. The maximum atomic E-state index is 12.1. The maximum absolute atomic E-state index is 12.1. The van der Waals surface area contributed by atoms with Crippen molar-refractivity contribution >= 4 is 21.4 Å². The number of ether oxygens (including phenoxy) is 1. The largest absolute Gasteiger partial charge is 0.417 e. The molecule has 8 nitrogen and oxygen atoms in total. The first-order valence-corrected chi connectivity index (χ1v) is 7.44. The van der Waals surface area contributed by atoms with Crippen LogP contribution < -0.4 is 9.46 Å². The van der Waals surface area contributed by atoms with Crippen molar-refractivity contribution in [3.8, 4) is 5.88 Å². The summed E-state index contributed by atoms with van der Waals surface area (Å²) < 4.78 is 54.3. The lowest BCUT2D eigenvalue weighted by Crippen LogP contribution is -2.13. The van der Waals surface area contributed by atoms with E-state index in [1.54, 1.807) is 0 Å². The third-order valence-electron chi connectivity index (χ3n) is 2.56. The summed E-state index contributed by atoms with van der Waals surface area (Å²) in [7, 11) is -3.99. The number of non-ortho nitro benzene ring substituents is 1. The molecule has 122 valence electrons. The predicted molar refractivity (Wildman–Crippen MR) is 74.8 cm³/mol. The molecule has 23 heavy (non-hydrogen) atoms. The van der Waals surface area contributed by atoms with Crippen molar-refractivity contribution in [1.82, 2.24) is 4.98 Å². The van der Waals surface area contributed by atoms with E-state index in [0.29, 0.717) is 0 Å². The molecule has 0 amide bonds. The number of nitro benzene ring substituents is 1. The summed E-state index contributed by atoms with van der Waals surface area (Å²) in [6.07, 6.45) is 1.00. The fourth-order valence-electron chi connectivity index (χ4n) is 1.56. The lowest BCUT2D eigenvalue weighted by atomic mass is 10.3. The quantitative estimate of drug-likeness (QED) is 0.635. The van der Waals surface area contributed by atoms with Crippen molar-refractivity contribution in [1.29, 1.82) is 0 Å². The van der Waals surface area contributed by atoms with Gasteiger partial charge in [-0.15, -0.1) is 0 Å². The van der Waals surface area contributed by atoms with Crippen molar-refractivity contribution in [2.45, 2.75) is 11.5 Å². The third-order valence-corrected chi connectivity index (χ3v) is 3.95. The highest BCUT2D eigenvalue weighted by molar-refractivity contribution is 7.92. The minimum atomic E-state index is -3.99. The zero-order valence-electron chi connectivity index (χ0n) is 11.2. The standard InChI is InChI=1S/C12H9F2N3O5S/c13-12(14)22-11-6-1-8(7-15-11)16-23(20,21)10-4-2-9(3-5-10)17(18)19/h1-7,12,16H. The van der Waals surface area contributed by atoms with Gasteiger partial charge in [-0.1, -0.05) is 0 Å². The van der Waals surface area contributed by atoms with E-state index in [0.717, 1.165) is 36.5 Å². The van der Waals surface area contributed by atoms with Crippen LogP contribution in [0.2, 0.25) is 0 Å². The van der Waals surface area contributed by atoms with Gasteiger partial charge in [-0.05, 0) is 18.2 Å². The molecule has 1 N–H and O–H groups in total. The summed E-state index contributed by atoms with van der Waals surface area (Å²) in [5.74, 6) is -0.363. The number of anilines is 1. The Labute approximate surface area is 128 Å². The molecule has 0 saturated carbocycles. The first-order valence-electron chi connectivity index (χ1n) is 5.96. The minimum absolute atomic E-state index is 0.0185. The van der Waals surface area contributed by atoms with Crippen molar-refractivity contribution < 1.29 is 26.9 Å². The van der Waals surface area contributed by atoms with Gasteiger partial charge in [-0.2, -0.15) is 8.78 Å². The molecule has 0 atom stereocenters. The number of nitro groups is 1. The van der Waals surface area contributed by atoms with Gasteiger partial charge in [0.15, 0.2) is 0 Å². The Kier molecular flexibility index (Phi) is 4.69. The molecule has 0 spiro atoms. The highest BCUT2D eigenvalue weighted by atomic mass is 32.2. The average molecular weight is 345 g/mol. The molecule has 0 radical (unpaired) electrons. The molecule has 0 aliphatic carbocycles. The first kappa shape index (κ1) is 16.5. The molecule has 1 heterocycles. The van der Waals surface area contributed by atoms with E-state index in [-0.39, 0.29) is 22.2 Å². The summed E-state index contributed by atoms with van der Waals surface area (Å²) in [5.41, 5.74) is -0.232. The van der Waals surface area contributed by atoms with Gasteiger partial charge >= 0.3 is 6.61 Å². The molecule has 2 aromatic rings. The van der Waals surface area contributed by atoms with Gasteiger partial charge in [0.2, 0.25) is 5.88 Å². The van der Waals surface area contributed by atoms with Crippen molar-refractivity contribution in [3.05, 3.63) is 52.7 Å². The van der Waals surface area contributed by atoms with E-state index in [4.69, 9.17) is 0 Å². The number of pyridine rings is 1. The van der Waals surface area contributed by atoms with E-state index in [1.165, 1.54) is 6.07 Å². The lowest BCUT2D eigenvalue weighted by molar-refractivity contribution is -0.384. The molecule has 0 saturated heterocycles. The van der Waals surface area contributed by atoms with Crippen LogP contribution >= 0.6 is 0 Å². The number of sulfonamides is 1. The Bertz CT molecular complexity index is 794. The predicted octanol–water partition coefficient (Wildman–Crippen LogP) is 2.39. The Balaban J connectivity index is 2.15. The topological polar surface area (TPSA) is 111 Å². The van der Waals surface area contributed by atoms with Crippen molar-refractivity contribution in [3.63, 3.8) is 0 Å². The zero-order chi connectivity index (χ0) is 17.0. The summed E-state index contributed by atoms with van der Waals surface area (Å²) in [5, 5.41) is 10.5. The van der Waals surface area contributed by atoms with Gasteiger partial charge in [0.1, 0.15) is 0 Å². The fourth-order valence-corrected chi connectivity index (χ4v) is 2.61. The molecule has 0 aliphatic rings. The fraction of sp³-hybridized carbons (Fsp3) is 0.0833. The van der Waals surface area contributed by atoms with Crippen LogP contribution in [0.1, 0.15) is 0 Å². The van der Waals surface area contributed by atoms with Crippen LogP contribution in [0.25, 0.3) is 0 Å². The van der Waals surface area contributed by atoms with E-state index in [1.807, 2.05) is 0 Å². The maximum Gasteiger partial charge on any atom is 0.388 e. The number of rotatable bonds is 6. The van der Waals surface area contributed by atoms with E-state index in [2.05, 4.69) is 14.4 Å². The van der Waals surface area contributed by atoms with Crippen molar-refractivity contribution in [2.24, 2.45) is 0 Å². The van der Waals surface area contributed by atoms with Gasteiger partial charge in [0.25, 0.3) is 15.7 Å². The van der Waals surface area contributed by atoms with Gasteiger partial charge in [0, 0.05) is 18.2 Å². The number of halogens is 2. The Hall–Kier alpha value is -2.82. The number of aromatic nitrogens is 1. The molecular weight excluding hydrogens is 336 g/mol. The monoisotopic (exact) mass is 345 g/mol. The molecule has 2 rings (SSSR count). The van der Waals surface area contributed by atoms with E-state index in [9.17, 15) is 27.3 Å². The van der Waals surface area contributed by atoms with Gasteiger partial charge in [-0.25, -0.2) is 13.4 Å². The van der Waals surface area contributed by atoms with Crippen molar-refractivity contribution in [2.75, 3.05) is 4.72 Å². The Morgan fingerprint density at radius 3 is 2.30 bits per heavy atom. The molecular formula is C12H9F2N3O5S. The Morgan fingerprint density at radius 2 is 1.83 bits per heavy atom. The first-order chi connectivity index (χ1) is 10.8.